The van der Waals surface area contributed by atoms with Crippen molar-refractivity contribution in [3.8, 4) is 0 Å². The second-order valence-corrected chi connectivity index (χ2v) is 3.90. The van der Waals surface area contributed by atoms with Crippen molar-refractivity contribution in [3.05, 3.63) is 28.1 Å². The summed E-state index contributed by atoms with van der Waals surface area (Å²) in [6.45, 7) is 0. The summed E-state index contributed by atoms with van der Waals surface area (Å²) < 4.78 is 0. The van der Waals surface area contributed by atoms with E-state index >= 15 is 0 Å². The largest absolute Gasteiger partial charge is 0.480 e. The van der Waals surface area contributed by atoms with Gasteiger partial charge in [-0.05, 0) is 6.42 Å². The molecule has 1 aromatic heterocycles. The number of aliphatic carboxylic acids is 1. The van der Waals surface area contributed by atoms with Crippen LogP contribution in [0.3, 0.4) is 0 Å². The van der Waals surface area contributed by atoms with E-state index in [4.69, 9.17) is 10.8 Å². The number of hydrogen-bond donors (Lipinski definition) is 4. The molecule has 1 aromatic rings. The number of primary amides is 1. The molecule has 108 valence electrons. The summed E-state index contributed by atoms with van der Waals surface area (Å²) in [5.41, 5.74) is 4.42. The van der Waals surface area contributed by atoms with Crippen molar-refractivity contribution in [1.29, 1.82) is 0 Å². The minimum absolute atomic E-state index is 0.151. The van der Waals surface area contributed by atoms with Crippen LogP contribution in [0.5, 0.6) is 0 Å². The van der Waals surface area contributed by atoms with Crippen LogP contribution in [0, 0.1) is 10.1 Å². The number of amides is 2. The summed E-state index contributed by atoms with van der Waals surface area (Å²) in [7, 11) is 0. The normalized spacial score (nSPS) is 11.6. The van der Waals surface area contributed by atoms with E-state index in [2.05, 4.69) is 10.3 Å². The Morgan fingerprint density at radius 3 is 2.60 bits per heavy atom. The average Bonchev–Trinajstić information content (AvgIpc) is 2.83. The molecule has 0 unspecified atom stereocenters. The van der Waals surface area contributed by atoms with E-state index in [1.165, 1.54) is 0 Å². The molecule has 0 aromatic carbocycles. The van der Waals surface area contributed by atoms with Crippen molar-refractivity contribution < 1.29 is 24.4 Å². The Morgan fingerprint density at radius 2 is 2.15 bits per heavy atom. The van der Waals surface area contributed by atoms with Gasteiger partial charge in [0.15, 0.2) is 0 Å². The van der Waals surface area contributed by atoms with E-state index in [1.807, 2.05) is 0 Å². The number of carbonyl (C=O) groups excluding carboxylic acids is 2. The van der Waals surface area contributed by atoms with E-state index in [0.717, 1.165) is 12.3 Å². The number of nitro groups is 1. The lowest BCUT2D eigenvalue weighted by Crippen LogP contribution is -2.41. The molecule has 1 atom stereocenters. The van der Waals surface area contributed by atoms with Gasteiger partial charge in [0.05, 0.1) is 11.1 Å². The van der Waals surface area contributed by atoms with Crippen molar-refractivity contribution in [2.45, 2.75) is 18.9 Å². The van der Waals surface area contributed by atoms with Gasteiger partial charge in [0.2, 0.25) is 5.91 Å². The molecular weight excluding hydrogens is 272 g/mol. The van der Waals surface area contributed by atoms with Crippen LogP contribution in [0.1, 0.15) is 23.3 Å². The molecule has 2 amide bonds. The summed E-state index contributed by atoms with van der Waals surface area (Å²) >= 11 is 0. The van der Waals surface area contributed by atoms with Crippen LogP contribution in [-0.2, 0) is 9.59 Å². The van der Waals surface area contributed by atoms with Crippen molar-refractivity contribution >= 4 is 23.5 Å². The Balaban J connectivity index is 2.72. The summed E-state index contributed by atoms with van der Waals surface area (Å²) in [5.74, 6) is -2.85. The predicted molar refractivity (Wildman–Crippen MR) is 64.8 cm³/mol. The van der Waals surface area contributed by atoms with Gasteiger partial charge >= 0.3 is 5.97 Å². The number of aromatic nitrogens is 1. The lowest BCUT2D eigenvalue weighted by molar-refractivity contribution is -0.384. The first-order valence-electron chi connectivity index (χ1n) is 5.46. The molecule has 0 bridgehead atoms. The number of rotatable bonds is 7. The van der Waals surface area contributed by atoms with Gasteiger partial charge in [-0.15, -0.1) is 0 Å². The maximum Gasteiger partial charge on any atom is 0.326 e. The third kappa shape index (κ3) is 4.08. The van der Waals surface area contributed by atoms with Crippen LogP contribution < -0.4 is 11.1 Å². The summed E-state index contributed by atoms with van der Waals surface area (Å²) in [4.78, 5) is 45.3. The number of aromatic amines is 1. The van der Waals surface area contributed by atoms with Gasteiger partial charge in [0.25, 0.3) is 11.6 Å². The number of carbonyl (C=O) groups is 3. The second kappa shape index (κ2) is 6.31. The molecule has 10 heteroatoms. The highest BCUT2D eigenvalue weighted by molar-refractivity contribution is 5.95. The topological polar surface area (TPSA) is 168 Å². The number of nitrogens with one attached hydrogen (secondary N) is 2. The fraction of sp³-hybridized carbons (Fsp3) is 0.300. The van der Waals surface area contributed by atoms with Gasteiger partial charge in [-0.1, -0.05) is 0 Å². The Bertz CT molecular complexity index is 552. The van der Waals surface area contributed by atoms with Gasteiger partial charge in [0, 0.05) is 12.5 Å². The Morgan fingerprint density at radius 1 is 1.50 bits per heavy atom. The van der Waals surface area contributed by atoms with Gasteiger partial charge < -0.3 is 21.1 Å². The molecule has 5 N–H and O–H groups in total. The van der Waals surface area contributed by atoms with E-state index in [1.54, 1.807) is 0 Å². The number of nitrogens with two attached hydrogens (primary N) is 1. The molecule has 20 heavy (non-hydrogen) atoms. The molecule has 0 saturated carbocycles. The first-order chi connectivity index (χ1) is 9.31. The number of carboxylic acid groups (broad SMARTS) is 1. The standard InChI is InChI=1S/C10H12N4O6/c11-8(15)2-1-6(10(17)18)13-9(16)7-3-5(4-12-7)14(19)20/h3-4,6,12H,1-2H2,(H2,11,15)(H,13,16)(H,17,18)/t6-/m0/s1. The van der Waals surface area contributed by atoms with Crippen LogP contribution in [0.15, 0.2) is 12.3 Å². The molecule has 10 nitrogen and oxygen atoms in total. The highest BCUT2D eigenvalue weighted by Gasteiger charge is 2.23. The highest BCUT2D eigenvalue weighted by atomic mass is 16.6. The lowest BCUT2D eigenvalue weighted by Gasteiger charge is -2.12. The van der Waals surface area contributed by atoms with Crippen molar-refractivity contribution in [2.75, 3.05) is 0 Å². The third-order valence-corrected chi connectivity index (χ3v) is 2.41. The van der Waals surface area contributed by atoms with Crippen LogP contribution >= 0.6 is 0 Å². The molecule has 1 heterocycles. The van der Waals surface area contributed by atoms with Gasteiger partial charge in [-0.3, -0.25) is 19.7 Å². The van der Waals surface area contributed by atoms with Gasteiger partial charge in [0.1, 0.15) is 11.7 Å². The third-order valence-electron chi connectivity index (χ3n) is 2.41. The smallest absolute Gasteiger partial charge is 0.326 e. The molecule has 0 aliphatic rings. The predicted octanol–water partition coefficient (Wildman–Crippen LogP) is -0.629. The van der Waals surface area contributed by atoms with E-state index in [-0.39, 0.29) is 24.2 Å². The number of H-pyrrole nitrogens is 1. The van der Waals surface area contributed by atoms with Crippen molar-refractivity contribution in [2.24, 2.45) is 5.73 Å². The number of carboxylic acids is 1. The monoisotopic (exact) mass is 284 g/mol. The summed E-state index contributed by atoms with van der Waals surface area (Å²) in [6, 6.07) is -0.333. The SMILES string of the molecule is NC(=O)CC[C@H](NC(=O)c1cc([N+](=O)[O-])c[nH]1)C(=O)O. The molecule has 0 saturated heterocycles. The molecule has 0 spiro atoms. The van der Waals surface area contributed by atoms with E-state index < -0.39 is 28.7 Å². The first kappa shape index (κ1) is 15.1. The molecule has 0 aliphatic carbocycles. The Labute approximate surface area is 112 Å². The zero-order valence-electron chi connectivity index (χ0n) is 10.2. The van der Waals surface area contributed by atoms with E-state index in [0.29, 0.717) is 0 Å². The van der Waals surface area contributed by atoms with Crippen molar-refractivity contribution in [3.63, 3.8) is 0 Å². The van der Waals surface area contributed by atoms with Crippen LogP contribution in [0.25, 0.3) is 0 Å². The Hall–Kier alpha value is -2.91. The summed E-state index contributed by atoms with van der Waals surface area (Å²) in [5, 5.41) is 21.5. The zero-order chi connectivity index (χ0) is 15.3. The van der Waals surface area contributed by atoms with Crippen LogP contribution in [-0.4, -0.2) is 38.8 Å². The maximum absolute atomic E-state index is 11.7. The number of nitrogens with zero attached hydrogens (tertiary/aromatic N) is 1. The molecule has 0 fully saturated rings. The van der Waals surface area contributed by atoms with Gasteiger partial charge in [-0.2, -0.15) is 0 Å². The minimum Gasteiger partial charge on any atom is -0.480 e. The van der Waals surface area contributed by atoms with Crippen LogP contribution in [0.2, 0.25) is 0 Å². The second-order valence-electron chi connectivity index (χ2n) is 3.90. The first-order valence-corrected chi connectivity index (χ1v) is 5.46. The quantitative estimate of drug-likeness (QED) is 0.384. The minimum atomic E-state index is -1.33. The van der Waals surface area contributed by atoms with Gasteiger partial charge in [-0.25, -0.2) is 4.79 Å². The van der Waals surface area contributed by atoms with Crippen molar-refractivity contribution in [1.82, 2.24) is 10.3 Å². The fourth-order valence-corrected chi connectivity index (χ4v) is 1.40. The molecular formula is C10H12N4O6. The highest BCUT2D eigenvalue weighted by Crippen LogP contribution is 2.12. The molecule has 0 aliphatic heterocycles. The molecule has 0 radical (unpaired) electrons. The van der Waals surface area contributed by atoms with Crippen LogP contribution in [0.4, 0.5) is 5.69 Å². The maximum atomic E-state index is 11.7. The fourth-order valence-electron chi connectivity index (χ4n) is 1.40. The average molecular weight is 284 g/mol. The molecule has 1 rings (SSSR count). The Kier molecular flexibility index (Phi) is 4.78. The summed E-state index contributed by atoms with van der Waals surface area (Å²) in [6.07, 6.45) is 0.634. The zero-order valence-corrected chi connectivity index (χ0v) is 10.2. The lowest BCUT2D eigenvalue weighted by atomic mass is 10.1. The number of hydrogen-bond acceptors (Lipinski definition) is 5. The van der Waals surface area contributed by atoms with E-state index in [9.17, 15) is 24.5 Å².